The zero-order chi connectivity index (χ0) is 21.3. The van der Waals surface area contributed by atoms with Crippen LogP contribution in [-0.4, -0.2) is 37.6 Å². The maximum atomic E-state index is 12.4. The Bertz CT molecular complexity index is 1020. The van der Waals surface area contributed by atoms with Crippen LogP contribution >= 0.6 is 0 Å². The van der Waals surface area contributed by atoms with Crippen molar-refractivity contribution in [1.29, 1.82) is 0 Å². The SMILES string of the molecule is COc1ccccc1NC(=O)COc1ccc(C(=O)Nc2cccnc2)cc1OC. The number of rotatable bonds is 8. The van der Waals surface area contributed by atoms with Crippen molar-refractivity contribution in [2.75, 3.05) is 31.5 Å². The average molecular weight is 407 g/mol. The van der Waals surface area contributed by atoms with Crippen molar-refractivity contribution < 1.29 is 23.8 Å². The van der Waals surface area contributed by atoms with Gasteiger partial charge in [0.1, 0.15) is 5.75 Å². The van der Waals surface area contributed by atoms with Crippen molar-refractivity contribution in [1.82, 2.24) is 4.98 Å². The summed E-state index contributed by atoms with van der Waals surface area (Å²) in [5.74, 6) is 0.540. The van der Waals surface area contributed by atoms with Gasteiger partial charge in [0.2, 0.25) is 0 Å². The molecule has 3 rings (SSSR count). The van der Waals surface area contributed by atoms with E-state index in [1.807, 2.05) is 6.07 Å². The maximum absolute atomic E-state index is 12.4. The molecular weight excluding hydrogens is 386 g/mol. The summed E-state index contributed by atoms with van der Waals surface area (Å²) in [6.45, 7) is -0.240. The molecule has 1 aromatic heterocycles. The molecule has 0 aliphatic carbocycles. The Labute approximate surface area is 173 Å². The van der Waals surface area contributed by atoms with Crippen molar-refractivity contribution in [2.45, 2.75) is 0 Å². The standard InChI is InChI=1S/C22H21N3O5/c1-28-18-8-4-3-7-17(18)25-21(26)14-30-19-10-9-15(12-20(19)29-2)22(27)24-16-6-5-11-23-13-16/h3-13H,14H2,1-2H3,(H,24,27)(H,25,26). The smallest absolute Gasteiger partial charge is 0.262 e. The number of carbonyl (C=O) groups is 2. The van der Waals surface area contributed by atoms with Gasteiger partial charge >= 0.3 is 0 Å². The molecule has 8 heteroatoms. The molecule has 0 aliphatic rings. The Morgan fingerprint density at radius 1 is 0.900 bits per heavy atom. The van der Waals surface area contributed by atoms with Crippen LogP contribution in [0.2, 0.25) is 0 Å². The first-order valence-corrected chi connectivity index (χ1v) is 9.06. The largest absolute Gasteiger partial charge is 0.495 e. The van der Waals surface area contributed by atoms with Crippen LogP contribution in [0.25, 0.3) is 0 Å². The van der Waals surface area contributed by atoms with Crippen molar-refractivity contribution in [3.8, 4) is 17.2 Å². The van der Waals surface area contributed by atoms with E-state index in [0.717, 1.165) is 0 Å². The maximum Gasteiger partial charge on any atom is 0.262 e. The van der Waals surface area contributed by atoms with Gasteiger partial charge in [-0.3, -0.25) is 14.6 Å². The van der Waals surface area contributed by atoms with E-state index in [9.17, 15) is 9.59 Å². The lowest BCUT2D eigenvalue weighted by Gasteiger charge is -2.13. The highest BCUT2D eigenvalue weighted by molar-refractivity contribution is 6.04. The molecule has 0 saturated heterocycles. The van der Waals surface area contributed by atoms with Crippen LogP contribution in [0, 0.1) is 0 Å². The molecule has 0 unspecified atom stereocenters. The van der Waals surface area contributed by atoms with Gasteiger partial charge in [-0.25, -0.2) is 0 Å². The fourth-order valence-electron chi connectivity index (χ4n) is 2.65. The number of hydrogen-bond acceptors (Lipinski definition) is 6. The van der Waals surface area contributed by atoms with Gasteiger partial charge in [0.15, 0.2) is 18.1 Å². The van der Waals surface area contributed by atoms with E-state index in [0.29, 0.717) is 34.2 Å². The summed E-state index contributed by atoms with van der Waals surface area (Å²) >= 11 is 0. The Hall–Kier alpha value is -4.07. The number of ether oxygens (including phenoxy) is 3. The van der Waals surface area contributed by atoms with E-state index in [4.69, 9.17) is 14.2 Å². The van der Waals surface area contributed by atoms with Gasteiger partial charge in [0.05, 0.1) is 31.8 Å². The minimum Gasteiger partial charge on any atom is -0.495 e. The second-order valence-corrected chi connectivity index (χ2v) is 6.10. The summed E-state index contributed by atoms with van der Waals surface area (Å²) < 4.78 is 16.1. The minimum absolute atomic E-state index is 0.240. The molecule has 2 aromatic carbocycles. The van der Waals surface area contributed by atoms with Crippen LogP contribution in [0.4, 0.5) is 11.4 Å². The Morgan fingerprint density at radius 2 is 1.70 bits per heavy atom. The van der Waals surface area contributed by atoms with Gasteiger partial charge in [-0.2, -0.15) is 0 Å². The van der Waals surface area contributed by atoms with Crippen LogP contribution in [0.15, 0.2) is 67.0 Å². The van der Waals surface area contributed by atoms with Gasteiger partial charge < -0.3 is 24.8 Å². The first kappa shape index (κ1) is 20.7. The lowest BCUT2D eigenvalue weighted by molar-refractivity contribution is -0.118. The van der Waals surface area contributed by atoms with Gasteiger partial charge in [-0.05, 0) is 42.5 Å². The molecule has 0 spiro atoms. The highest BCUT2D eigenvalue weighted by Gasteiger charge is 2.14. The number of methoxy groups -OCH3 is 2. The number of amides is 2. The molecule has 8 nitrogen and oxygen atoms in total. The fraction of sp³-hybridized carbons (Fsp3) is 0.136. The molecule has 1 heterocycles. The van der Waals surface area contributed by atoms with Crippen LogP contribution in [0.5, 0.6) is 17.2 Å². The molecule has 0 saturated carbocycles. The van der Waals surface area contributed by atoms with Crippen molar-refractivity contribution >= 4 is 23.2 Å². The van der Waals surface area contributed by atoms with E-state index < -0.39 is 0 Å². The van der Waals surface area contributed by atoms with E-state index in [1.54, 1.807) is 60.9 Å². The molecule has 3 aromatic rings. The average Bonchev–Trinajstić information content (AvgIpc) is 2.78. The number of nitrogens with zero attached hydrogens (tertiary/aromatic N) is 1. The number of anilines is 2. The zero-order valence-electron chi connectivity index (χ0n) is 16.5. The Kier molecular flexibility index (Phi) is 6.83. The third-order valence-electron chi connectivity index (χ3n) is 4.09. The number of hydrogen-bond donors (Lipinski definition) is 2. The topological polar surface area (TPSA) is 98.8 Å². The van der Waals surface area contributed by atoms with Crippen molar-refractivity contribution in [3.05, 3.63) is 72.6 Å². The second kappa shape index (κ2) is 9.92. The van der Waals surface area contributed by atoms with Gasteiger partial charge in [-0.1, -0.05) is 12.1 Å². The Morgan fingerprint density at radius 3 is 2.43 bits per heavy atom. The summed E-state index contributed by atoms with van der Waals surface area (Å²) in [5, 5.41) is 5.47. The van der Waals surface area contributed by atoms with Crippen LogP contribution < -0.4 is 24.8 Å². The first-order valence-electron chi connectivity index (χ1n) is 9.06. The highest BCUT2D eigenvalue weighted by Crippen LogP contribution is 2.29. The normalized spacial score (nSPS) is 10.1. The predicted octanol–water partition coefficient (Wildman–Crippen LogP) is 3.37. The summed E-state index contributed by atoms with van der Waals surface area (Å²) in [7, 11) is 2.98. The quantitative estimate of drug-likeness (QED) is 0.594. The summed E-state index contributed by atoms with van der Waals surface area (Å²) in [5.41, 5.74) is 1.50. The molecule has 2 N–H and O–H groups in total. The number of para-hydroxylation sites is 2. The van der Waals surface area contributed by atoms with E-state index >= 15 is 0 Å². The molecule has 0 radical (unpaired) electrons. The zero-order valence-corrected chi connectivity index (χ0v) is 16.5. The third-order valence-corrected chi connectivity index (χ3v) is 4.09. The number of benzene rings is 2. The number of nitrogens with one attached hydrogen (secondary N) is 2. The minimum atomic E-state index is -0.361. The van der Waals surface area contributed by atoms with Gasteiger partial charge in [0, 0.05) is 11.8 Å². The number of pyridine rings is 1. The molecule has 0 aliphatic heterocycles. The molecule has 0 bridgehead atoms. The van der Waals surface area contributed by atoms with E-state index in [2.05, 4.69) is 15.6 Å². The predicted molar refractivity (Wildman–Crippen MR) is 112 cm³/mol. The molecule has 154 valence electrons. The van der Waals surface area contributed by atoms with E-state index in [1.165, 1.54) is 14.2 Å². The first-order chi connectivity index (χ1) is 14.6. The van der Waals surface area contributed by atoms with E-state index in [-0.39, 0.29) is 18.4 Å². The molecule has 0 fully saturated rings. The molecular formula is C22H21N3O5. The van der Waals surface area contributed by atoms with Crippen LogP contribution in [-0.2, 0) is 4.79 Å². The molecule has 0 atom stereocenters. The van der Waals surface area contributed by atoms with Crippen LogP contribution in [0.3, 0.4) is 0 Å². The van der Waals surface area contributed by atoms with Crippen molar-refractivity contribution in [2.24, 2.45) is 0 Å². The summed E-state index contributed by atoms with van der Waals surface area (Å²) in [6.07, 6.45) is 3.17. The number of carbonyl (C=O) groups excluding carboxylic acids is 2. The van der Waals surface area contributed by atoms with Gasteiger partial charge in [0.25, 0.3) is 11.8 Å². The van der Waals surface area contributed by atoms with Crippen LogP contribution in [0.1, 0.15) is 10.4 Å². The lowest BCUT2D eigenvalue weighted by atomic mass is 10.2. The Balaban J connectivity index is 1.63. The van der Waals surface area contributed by atoms with Crippen molar-refractivity contribution in [3.63, 3.8) is 0 Å². The highest BCUT2D eigenvalue weighted by atomic mass is 16.5. The fourth-order valence-corrected chi connectivity index (χ4v) is 2.65. The summed E-state index contributed by atoms with van der Waals surface area (Å²) in [6, 6.07) is 15.2. The summed E-state index contributed by atoms with van der Waals surface area (Å²) in [4.78, 5) is 28.6. The number of aromatic nitrogens is 1. The molecule has 30 heavy (non-hydrogen) atoms. The second-order valence-electron chi connectivity index (χ2n) is 6.10. The third kappa shape index (κ3) is 5.26. The van der Waals surface area contributed by atoms with Gasteiger partial charge in [-0.15, -0.1) is 0 Å². The lowest BCUT2D eigenvalue weighted by Crippen LogP contribution is -2.20. The molecule has 2 amide bonds. The monoisotopic (exact) mass is 407 g/mol.